The van der Waals surface area contributed by atoms with Gasteiger partial charge in [0.2, 0.25) is 0 Å². The Bertz CT molecular complexity index is 223. The van der Waals surface area contributed by atoms with Crippen molar-refractivity contribution in [3.8, 4) is 0 Å². The quantitative estimate of drug-likeness (QED) is 0.561. The predicted octanol–water partition coefficient (Wildman–Crippen LogP) is 2.84. The monoisotopic (exact) mass is 180 g/mol. The molecule has 0 aliphatic rings. The average molecular weight is 181 g/mol. The van der Waals surface area contributed by atoms with Crippen LogP contribution in [0.25, 0.3) is 0 Å². The topological polar surface area (TPSA) is 12.9 Å². The molecule has 4 heteroatoms. The van der Waals surface area contributed by atoms with Gasteiger partial charge in [-0.2, -0.15) is 0 Å². The molecule has 1 aromatic heterocycles. The summed E-state index contributed by atoms with van der Waals surface area (Å²) in [4.78, 5) is 3.64. The van der Waals surface area contributed by atoms with E-state index in [0.717, 1.165) is 0 Å². The van der Waals surface area contributed by atoms with Crippen LogP contribution in [0.4, 0.5) is 0 Å². The molecule has 0 bridgehead atoms. The van der Waals surface area contributed by atoms with Crippen molar-refractivity contribution >= 4 is 34.8 Å². The van der Waals surface area contributed by atoms with E-state index in [1.165, 1.54) is 6.07 Å². The lowest BCUT2D eigenvalue weighted by Crippen LogP contribution is -1.75. The van der Waals surface area contributed by atoms with Gasteiger partial charge in [0.25, 0.3) is 0 Å². The fourth-order valence-electron chi connectivity index (χ4n) is 0.358. The molecule has 1 radical (unpaired) electrons. The molecular formula is C5HCl3N. The summed E-state index contributed by atoms with van der Waals surface area (Å²) in [6, 6.07) is 4.06. The van der Waals surface area contributed by atoms with Crippen LogP contribution in [0.3, 0.4) is 0 Å². The van der Waals surface area contributed by atoms with Crippen LogP contribution in [0.15, 0.2) is 6.07 Å². The maximum Gasteiger partial charge on any atom is 0.150 e. The lowest BCUT2D eigenvalue weighted by Gasteiger charge is -1.91. The second-order valence-corrected chi connectivity index (χ2v) is 2.45. The molecule has 0 aliphatic carbocycles. The maximum atomic E-state index is 5.47. The highest BCUT2D eigenvalue weighted by atomic mass is 35.5. The highest BCUT2D eigenvalue weighted by Gasteiger charge is 1.97. The Labute approximate surface area is 67.6 Å². The molecule has 0 saturated carbocycles. The summed E-state index contributed by atoms with van der Waals surface area (Å²) < 4.78 is 0. The smallest absolute Gasteiger partial charge is 0.150 e. The summed E-state index contributed by atoms with van der Waals surface area (Å²) in [7, 11) is 0. The third-order valence-corrected chi connectivity index (χ3v) is 1.56. The van der Waals surface area contributed by atoms with Crippen molar-refractivity contribution in [3.05, 3.63) is 27.5 Å². The van der Waals surface area contributed by atoms with Crippen molar-refractivity contribution < 1.29 is 0 Å². The number of nitrogens with zero attached hydrogens (tertiary/aromatic N) is 1. The van der Waals surface area contributed by atoms with Crippen molar-refractivity contribution in [3.63, 3.8) is 0 Å². The van der Waals surface area contributed by atoms with Gasteiger partial charge < -0.3 is 0 Å². The average Bonchev–Trinajstić information content (AvgIpc) is 1.80. The molecule has 0 unspecified atom stereocenters. The van der Waals surface area contributed by atoms with Gasteiger partial charge >= 0.3 is 0 Å². The molecule has 0 fully saturated rings. The zero-order valence-electron chi connectivity index (χ0n) is 4.16. The van der Waals surface area contributed by atoms with Crippen LogP contribution in [0, 0.1) is 6.07 Å². The Morgan fingerprint density at radius 1 is 1.33 bits per heavy atom. The molecule has 0 aromatic carbocycles. The van der Waals surface area contributed by atoms with E-state index in [2.05, 4.69) is 11.1 Å². The fourth-order valence-corrected chi connectivity index (χ4v) is 0.782. The SMILES string of the molecule is Clc1c[c]c(Cl)c(Cl)n1. The predicted molar refractivity (Wildman–Crippen MR) is 38.1 cm³/mol. The molecule has 0 N–H and O–H groups in total. The minimum absolute atomic E-state index is 0.184. The first-order chi connectivity index (χ1) is 4.20. The van der Waals surface area contributed by atoms with Crippen molar-refractivity contribution in [1.29, 1.82) is 0 Å². The van der Waals surface area contributed by atoms with E-state index < -0.39 is 0 Å². The first kappa shape index (κ1) is 7.13. The van der Waals surface area contributed by atoms with E-state index >= 15 is 0 Å². The lowest BCUT2D eigenvalue weighted by atomic mass is 10.5. The van der Waals surface area contributed by atoms with Gasteiger partial charge in [0, 0.05) is 6.07 Å². The van der Waals surface area contributed by atoms with Gasteiger partial charge in [-0.25, -0.2) is 4.98 Å². The van der Waals surface area contributed by atoms with Gasteiger partial charge in [-0.05, 0) is 6.07 Å². The number of aromatic nitrogens is 1. The van der Waals surface area contributed by atoms with Gasteiger partial charge in [-0.1, -0.05) is 34.8 Å². The van der Waals surface area contributed by atoms with Crippen molar-refractivity contribution in [2.24, 2.45) is 0 Å². The van der Waals surface area contributed by atoms with Crippen molar-refractivity contribution in [2.45, 2.75) is 0 Å². The second kappa shape index (κ2) is 2.74. The number of halogens is 3. The number of hydrogen-bond donors (Lipinski definition) is 0. The molecule has 0 amide bonds. The Balaban J connectivity index is 3.17. The Morgan fingerprint density at radius 2 is 2.00 bits per heavy atom. The summed E-state index contributed by atoms with van der Waals surface area (Å²) in [6.45, 7) is 0. The minimum atomic E-state index is 0.184. The summed E-state index contributed by atoms with van der Waals surface area (Å²) in [5, 5.41) is 0.773. The standard InChI is InChI=1S/C5HCl3N/c6-3-1-2-4(7)9-5(3)8/h2H. The minimum Gasteiger partial charge on any atom is -0.223 e. The highest BCUT2D eigenvalue weighted by molar-refractivity contribution is 6.41. The van der Waals surface area contributed by atoms with Gasteiger partial charge in [0.05, 0.1) is 5.02 Å². The second-order valence-electron chi connectivity index (χ2n) is 1.33. The molecule has 1 nitrogen and oxygen atoms in total. The number of hydrogen-bond acceptors (Lipinski definition) is 1. The van der Waals surface area contributed by atoms with Crippen LogP contribution in [0.1, 0.15) is 0 Å². The molecule has 0 aliphatic heterocycles. The summed E-state index contributed by atoms with van der Waals surface area (Å²) in [5.41, 5.74) is 0. The maximum absolute atomic E-state index is 5.47. The van der Waals surface area contributed by atoms with Gasteiger partial charge in [0.1, 0.15) is 10.3 Å². The molecule has 1 rings (SSSR count). The van der Waals surface area contributed by atoms with Crippen LogP contribution >= 0.6 is 34.8 Å². The molecule has 1 aromatic rings. The third-order valence-electron chi connectivity index (χ3n) is 0.704. The van der Waals surface area contributed by atoms with Crippen LogP contribution in [-0.4, -0.2) is 4.98 Å². The summed E-state index contributed by atoms with van der Waals surface area (Å²) in [5.74, 6) is 0. The van der Waals surface area contributed by atoms with E-state index in [1.807, 2.05) is 0 Å². The normalized spacial score (nSPS) is 9.67. The molecule has 0 saturated heterocycles. The van der Waals surface area contributed by atoms with E-state index in [4.69, 9.17) is 34.8 Å². The number of rotatable bonds is 0. The molecule has 1 heterocycles. The van der Waals surface area contributed by atoms with Gasteiger partial charge in [-0.15, -0.1) is 0 Å². The van der Waals surface area contributed by atoms with Crippen LogP contribution in [0.5, 0.6) is 0 Å². The molecule has 47 valence electrons. The molecule has 0 atom stereocenters. The van der Waals surface area contributed by atoms with Crippen molar-refractivity contribution in [1.82, 2.24) is 4.98 Å². The third kappa shape index (κ3) is 1.71. The van der Waals surface area contributed by atoms with Gasteiger partial charge in [0.15, 0.2) is 0 Å². The number of pyridine rings is 1. The van der Waals surface area contributed by atoms with E-state index in [0.29, 0.717) is 10.2 Å². The van der Waals surface area contributed by atoms with Crippen LogP contribution in [-0.2, 0) is 0 Å². The first-order valence-corrected chi connectivity index (χ1v) is 3.23. The van der Waals surface area contributed by atoms with Crippen LogP contribution < -0.4 is 0 Å². The molecule has 9 heavy (non-hydrogen) atoms. The molecular weight excluding hydrogens is 180 g/mol. The Hall–Kier alpha value is 0.0200. The Morgan fingerprint density at radius 3 is 2.44 bits per heavy atom. The lowest BCUT2D eigenvalue weighted by molar-refractivity contribution is 1.32. The van der Waals surface area contributed by atoms with Gasteiger partial charge in [-0.3, -0.25) is 0 Å². The molecule has 0 spiro atoms. The summed E-state index contributed by atoms with van der Waals surface area (Å²) >= 11 is 16.4. The largest absolute Gasteiger partial charge is 0.223 e. The zero-order valence-corrected chi connectivity index (χ0v) is 6.43. The first-order valence-electron chi connectivity index (χ1n) is 2.09. The Kier molecular flexibility index (Phi) is 2.17. The van der Waals surface area contributed by atoms with E-state index in [1.54, 1.807) is 0 Å². The van der Waals surface area contributed by atoms with Crippen molar-refractivity contribution in [2.75, 3.05) is 0 Å². The fraction of sp³-hybridized carbons (Fsp3) is 0. The zero-order chi connectivity index (χ0) is 6.85. The van der Waals surface area contributed by atoms with E-state index in [-0.39, 0.29) is 5.15 Å². The summed E-state index contributed by atoms with van der Waals surface area (Å²) in [6.07, 6.45) is 0. The van der Waals surface area contributed by atoms with E-state index in [9.17, 15) is 0 Å². The van der Waals surface area contributed by atoms with Crippen LogP contribution in [0.2, 0.25) is 15.3 Å². The highest BCUT2D eigenvalue weighted by Crippen LogP contribution is 2.19.